The Labute approximate surface area is 259 Å². The van der Waals surface area contributed by atoms with Gasteiger partial charge in [-0.3, -0.25) is 14.5 Å². The zero-order valence-corrected chi connectivity index (χ0v) is 26.3. The third-order valence-corrected chi connectivity index (χ3v) is 8.55. The molecule has 2 aliphatic carbocycles. The maximum atomic E-state index is 12.2. The normalized spacial score (nSPS) is 20.2. The van der Waals surface area contributed by atoms with Crippen molar-refractivity contribution in [3.05, 3.63) is 35.4 Å². The van der Waals surface area contributed by atoms with Crippen molar-refractivity contribution >= 4 is 36.3 Å². The third kappa shape index (κ3) is 11.1. The van der Waals surface area contributed by atoms with E-state index in [0.717, 1.165) is 51.2 Å². The highest BCUT2D eigenvalue weighted by Crippen LogP contribution is 2.30. The number of hydrogen-bond acceptors (Lipinski definition) is 8. The molecule has 44 heavy (non-hydrogen) atoms. The van der Waals surface area contributed by atoms with Crippen molar-refractivity contribution < 1.29 is 33.9 Å². The van der Waals surface area contributed by atoms with Crippen molar-refractivity contribution in [3.63, 3.8) is 0 Å². The van der Waals surface area contributed by atoms with Gasteiger partial charge in [-0.1, -0.05) is 64.3 Å². The predicted octanol–water partition coefficient (Wildman–Crippen LogP) is 1.61. The highest BCUT2D eigenvalue weighted by atomic mass is 16.4. The monoisotopic (exact) mass is 615 g/mol. The van der Waals surface area contributed by atoms with Gasteiger partial charge in [-0.25, -0.2) is 9.59 Å². The van der Waals surface area contributed by atoms with Crippen LogP contribution in [0, 0.1) is 17.3 Å². The average molecular weight is 616 g/mol. The maximum absolute atomic E-state index is 12.2. The molecule has 4 rings (SSSR count). The molecule has 3 aliphatic rings. The summed E-state index contributed by atoms with van der Waals surface area (Å²) in [4.78, 5) is 68.5. The molecule has 4 atom stereocenters. The molecule has 244 valence electrons. The minimum Gasteiger partial charge on any atom is -0.480 e. The van der Waals surface area contributed by atoms with Gasteiger partial charge in [0.25, 0.3) is 5.91 Å². The molecule has 1 saturated carbocycles. The molecule has 7 N–H and O–H groups in total. The molecule has 3 amide bonds. The number of benzene rings is 1. The molecule has 0 radical (unpaired) electrons. The zero-order valence-electron chi connectivity index (χ0n) is 26.3. The number of likely N-dealkylation sites (N-methyl/N-ethyl adjacent to an activating group) is 1. The summed E-state index contributed by atoms with van der Waals surface area (Å²) in [6.45, 7) is 6.29. The van der Waals surface area contributed by atoms with Crippen LogP contribution in [0.1, 0.15) is 70.4 Å². The van der Waals surface area contributed by atoms with Crippen LogP contribution in [0.2, 0.25) is 0 Å². The Hall–Kier alpha value is -3.64. The summed E-state index contributed by atoms with van der Waals surface area (Å²) < 4.78 is 0. The minimum absolute atomic E-state index is 0.0106. The molecule has 1 aromatic rings. The molecule has 2 fully saturated rings. The summed E-state index contributed by atoms with van der Waals surface area (Å²) in [6, 6.07) is 5.19. The number of amides is 3. The second-order valence-corrected chi connectivity index (χ2v) is 13.0. The number of carboxylic acids is 1. The number of nitrogens with two attached hydrogens (primary N) is 2. The first-order chi connectivity index (χ1) is 20.7. The summed E-state index contributed by atoms with van der Waals surface area (Å²) in [5.41, 5.74) is 12.0. The fraction of sp³-hybridized carbons (Fsp3) is 0.625. The van der Waals surface area contributed by atoms with Gasteiger partial charge < -0.3 is 36.8 Å². The fourth-order valence-electron chi connectivity index (χ4n) is 5.57. The van der Waals surface area contributed by atoms with Crippen molar-refractivity contribution in [1.82, 2.24) is 15.5 Å². The number of nitrogens with one attached hydrogen (secondary N) is 2. The SMILES string of the molecule is CC(C)(C)C(NC(=O)NC(C=O)C1Cc2ccccc2C1)C(=O)O.CN1CCCC1C=O.NC(=O)C(=O)C(N)CC1CCC1. The van der Waals surface area contributed by atoms with E-state index in [1.807, 2.05) is 31.3 Å². The van der Waals surface area contributed by atoms with Crippen LogP contribution in [0.5, 0.6) is 0 Å². The molecular formula is C32H49N5O7. The molecule has 0 bridgehead atoms. The first-order valence-electron chi connectivity index (χ1n) is 15.2. The number of likely N-dealkylation sites (tertiary alicyclic amines) is 1. The number of carboxylic acid groups (broad SMARTS) is 1. The van der Waals surface area contributed by atoms with Crippen LogP contribution in [-0.4, -0.2) is 84.0 Å². The number of fused-ring (bicyclic) bond motifs is 1. The Morgan fingerprint density at radius 3 is 1.98 bits per heavy atom. The summed E-state index contributed by atoms with van der Waals surface area (Å²) >= 11 is 0. The summed E-state index contributed by atoms with van der Waals surface area (Å²) in [7, 11) is 1.99. The lowest BCUT2D eigenvalue weighted by Gasteiger charge is -2.29. The van der Waals surface area contributed by atoms with Crippen LogP contribution >= 0.6 is 0 Å². The summed E-state index contributed by atoms with van der Waals surface area (Å²) in [6.07, 6.45) is 9.52. The van der Waals surface area contributed by atoms with Crippen molar-refractivity contribution in [2.45, 2.75) is 96.3 Å². The molecule has 0 aromatic heterocycles. The standard InChI is InChI=1S/C18H24N2O4.C8H14N2O2.C6H11NO/c1-18(2,3)15(16(22)23)20-17(24)19-14(10-21)13-8-11-6-4-5-7-12(11)9-13;9-6(7(11)8(10)12)4-5-2-1-3-5;1-7-4-2-3-6(7)5-8/h4-7,10,13-15H,8-9H2,1-3H3,(H,22,23)(H2,19,20,24);5-6H,1-4,9H2,(H2,10,12);5-6H,2-4H2,1H3. The molecule has 1 aromatic carbocycles. The first kappa shape index (κ1) is 36.6. The van der Waals surface area contributed by atoms with Crippen molar-refractivity contribution in [2.24, 2.45) is 28.7 Å². The third-order valence-electron chi connectivity index (χ3n) is 8.55. The van der Waals surface area contributed by atoms with Gasteiger partial charge in [0, 0.05) is 0 Å². The lowest BCUT2D eigenvalue weighted by molar-refractivity contribution is -0.141. The maximum Gasteiger partial charge on any atom is 0.326 e. The van der Waals surface area contributed by atoms with Gasteiger partial charge >= 0.3 is 12.0 Å². The number of urea groups is 1. The van der Waals surface area contributed by atoms with Gasteiger partial charge in [0.05, 0.1) is 18.1 Å². The van der Waals surface area contributed by atoms with E-state index >= 15 is 0 Å². The number of hydrogen-bond donors (Lipinski definition) is 5. The Kier molecular flexibility index (Phi) is 14.1. The Balaban J connectivity index is 0.000000277. The van der Waals surface area contributed by atoms with Crippen LogP contribution in [0.3, 0.4) is 0 Å². The van der Waals surface area contributed by atoms with Crippen molar-refractivity contribution in [3.8, 4) is 0 Å². The molecule has 1 aliphatic heterocycles. The van der Waals surface area contributed by atoms with Gasteiger partial charge in [-0.2, -0.15) is 0 Å². The van der Waals surface area contributed by atoms with Gasteiger partial charge in [0.1, 0.15) is 18.6 Å². The van der Waals surface area contributed by atoms with Crippen LogP contribution in [0.25, 0.3) is 0 Å². The lowest BCUT2D eigenvalue weighted by Crippen LogP contribution is -2.55. The van der Waals surface area contributed by atoms with Gasteiger partial charge in [0.2, 0.25) is 5.78 Å². The number of aldehydes is 2. The van der Waals surface area contributed by atoms with E-state index in [1.54, 1.807) is 20.8 Å². The number of nitrogens with zero attached hydrogens (tertiary/aromatic N) is 1. The number of primary amides is 1. The van der Waals surface area contributed by atoms with Gasteiger partial charge in [-0.15, -0.1) is 0 Å². The van der Waals surface area contributed by atoms with E-state index in [4.69, 9.17) is 11.5 Å². The highest BCUT2D eigenvalue weighted by Gasteiger charge is 2.35. The lowest BCUT2D eigenvalue weighted by atomic mass is 9.80. The number of Topliss-reactive ketones (excluding diaryl/α,β-unsaturated/α-hetero) is 1. The molecule has 12 heteroatoms. The number of carbonyl (C=O) groups is 6. The molecule has 1 heterocycles. The van der Waals surface area contributed by atoms with Crippen LogP contribution in [0.15, 0.2) is 24.3 Å². The number of rotatable bonds is 10. The van der Waals surface area contributed by atoms with E-state index in [9.17, 15) is 33.9 Å². The fourth-order valence-corrected chi connectivity index (χ4v) is 5.57. The van der Waals surface area contributed by atoms with Crippen molar-refractivity contribution in [2.75, 3.05) is 13.6 Å². The topological polar surface area (TPSA) is 202 Å². The molecule has 4 unspecified atom stereocenters. The van der Waals surface area contributed by atoms with Crippen LogP contribution in [0.4, 0.5) is 4.79 Å². The van der Waals surface area contributed by atoms with E-state index in [-0.39, 0.29) is 12.0 Å². The highest BCUT2D eigenvalue weighted by molar-refractivity contribution is 6.37. The van der Waals surface area contributed by atoms with E-state index < -0.39 is 47.2 Å². The quantitative estimate of drug-likeness (QED) is 0.191. The Bertz CT molecular complexity index is 1140. The summed E-state index contributed by atoms with van der Waals surface area (Å²) in [5.74, 6) is -2.14. The number of ketones is 1. The second-order valence-electron chi connectivity index (χ2n) is 13.0. The number of carbonyl (C=O) groups excluding carboxylic acids is 5. The van der Waals surface area contributed by atoms with Gasteiger partial charge in [-0.05, 0) is 74.1 Å². The van der Waals surface area contributed by atoms with Crippen LogP contribution in [-0.2, 0) is 36.8 Å². The molecule has 0 spiro atoms. The van der Waals surface area contributed by atoms with Crippen molar-refractivity contribution in [1.29, 1.82) is 0 Å². The average Bonchev–Trinajstić information content (AvgIpc) is 3.57. The zero-order chi connectivity index (χ0) is 33.0. The molecule has 1 saturated heterocycles. The largest absolute Gasteiger partial charge is 0.480 e. The molecular weight excluding hydrogens is 566 g/mol. The van der Waals surface area contributed by atoms with E-state index in [1.165, 1.54) is 24.0 Å². The smallest absolute Gasteiger partial charge is 0.326 e. The second kappa shape index (κ2) is 17.0. The predicted molar refractivity (Wildman–Crippen MR) is 166 cm³/mol. The summed E-state index contributed by atoms with van der Waals surface area (Å²) in [5, 5.41) is 14.3. The van der Waals surface area contributed by atoms with Gasteiger partial charge in [0.15, 0.2) is 0 Å². The number of aliphatic carboxylic acids is 1. The Morgan fingerprint density at radius 2 is 1.61 bits per heavy atom. The minimum atomic E-state index is -1.10. The first-order valence-corrected chi connectivity index (χ1v) is 15.2. The molecule has 12 nitrogen and oxygen atoms in total. The van der Waals surface area contributed by atoms with Crippen LogP contribution < -0.4 is 22.1 Å². The van der Waals surface area contributed by atoms with E-state index in [2.05, 4.69) is 15.5 Å². The van der Waals surface area contributed by atoms with E-state index in [0.29, 0.717) is 12.3 Å². The Morgan fingerprint density at radius 1 is 1.02 bits per heavy atom.